The summed E-state index contributed by atoms with van der Waals surface area (Å²) in [5.74, 6) is -2.60. The Balaban J connectivity index is 2.19. The van der Waals surface area contributed by atoms with Gasteiger partial charge >= 0.3 is 0 Å². The number of fused-ring (bicyclic) bond motifs is 1. The minimum Gasteiger partial charge on any atom is -0.314 e. The molecule has 0 fully saturated rings. The molecule has 0 saturated carbocycles. The Morgan fingerprint density at radius 3 is 2.25 bits per heavy atom. The molecule has 12 heteroatoms. The number of nitro groups is 2. The Hall–Kier alpha value is -3.54. The lowest BCUT2D eigenvalue weighted by atomic mass is 10.1. The maximum atomic E-state index is 14.1. The van der Waals surface area contributed by atoms with E-state index < -0.39 is 38.8 Å². The van der Waals surface area contributed by atoms with E-state index in [9.17, 15) is 33.8 Å². The monoisotopic (exact) mass is 408 g/mol. The minimum absolute atomic E-state index is 0.0289. The number of halogens is 2. The lowest BCUT2D eigenvalue weighted by Gasteiger charge is -2.02. The van der Waals surface area contributed by atoms with Crippen LogP contribution in [0.5, 0.6) is 0 Å². The molecule has 9 nitrogen and oxygen atoms in total. The molecule has 0 aliphatic rings. The van der Waals surface area contributed by atoms with E-state index >= 15 is 0 Å². The molecule has 3 rings (SSSR count). The van der Waals surface area contributed by atoms with E-state index in [1.807, 2.05) is 0 Å². The fraction of sp³-hybridized carbons (Fsp3) is 0.125. The van der Waals surface area contributed by atoms with Crippen molar-refractivity contribution >= 4 is 38.8 Å². The first-order valence-electron chi connectivity index (χ1n) is 7.72. The summed E-state index contributed by atoms with van der Waals surface area (Å²) in [6.07, 6.45) is 0. The highest BCUT2D eigenvalue weighted by molar-refractivity contribution is 7.16. The number of nitrogens with zero attached hydrogens (tertiary/aromatic N) is 4. The predicted octanol–water partition coefficient (Wildman–Crippen LogP) is 3.56. The first kappa shape index (κ1) is 19.2. The standard InChI is InChI=1S/C16H10F2N4O5S/c1-2-20-14-12(18)5-9(17)6-13(14)28-16(20)19-15(23)8-3-10(21(24)25)7-11(4-8)22(26)27/h3-7H,2H2,1H3. The number of non-ortho nitro benzene ring substituents is 2. The van der Waals surface area contributed by atoms with Crippen LogP contribution in [0.1, 0.15) is 17.3 Å². The summed E-state index contributed by atoms with van der Waals surface area (Å²) < 4.78 is 29.1. The largest absolute Gasteiger partial charge is 0.314 e. The summed E-state index contributed by atoms with van der Waals surface area (Å²) in [6.45, 7) is 1.88. The number of benzene rings is 2. The molecule has 1 amide bonds. The van der Waals surface area contributed by atoms with Gasteiger partial charge in [-0.1, -0.05) is 11.3 Å². The summed E-state index contributed by atoms with van der Waals surface area (Å²) >= 11 is 0.849. The molecule has 2 aromatic carbocycles. The third kappa shape index (κ3) is 3.49. The quantitative estimate of drug-likeness (QED) is 0.483. The van der Waals surface area contributed by atoms with Crippen LogP contribution >= 0.6 is 11.3 Å². The van der Waals surface area contributed by atoms with Gasteiger partial charge in [-0.25, -0.2) is 8.78 Å². The van der Waals surface area contributed by atoms with Gasteiger partial charge in [-0.15, -0.1) is 0 Å². The number of hydrogen-bond acceptors (Lipinski definition) is 6. The summed E-state index contributed by atoms with van der Waals surface area (Å²) in [7, 11) is 0. The zero-order valence-electron chi connectivity index (χ0n) is 14.1. The Morgan fingerprint density at radius 1 is 1.11 bits per heavy atom. The van der Waals surface area contributed by atoms with Crippen LogP contribution in [-0.2, 0) is 6.54 Å². The van der Waals surface area contributed by atoms with Crippen LogP contribution in [0.2, 0.25) is 0 Å². The van der Waals surface area contributed by atoms with Gasteiger partial charge in [-0.2, -0.15) is 4.99 Å². The Bertz CT molecular complexity index is 1190. The lowest BCUT2D eigenvalue weighted by molar-refractivity contribution is -0.394. The van der Waals surface area contributed by atoms with E-state index in [0.29, 0.717) is 6.07 Å². The van der Waals surface area contributed by atoms with Crippen molar-refractivity contribution in [3.63, 3.8) is 0 Å². The van der Waals surface area contributed by atoms with Gasteiger partial charge in [-0.05, 0) is 13.0 Å². The van der Waals surface area contributed by atoms with Crippen molar-refractivity contribution < 1.29 is 23.4 Å². The fourth-order valence-electron chi connectivity index (χ4n) is 2.59. The smallest absolute Gasteiger partial charge is 0.280 e. The predicted molar refractivity (Wildman–Crippen MR) is 95.0 cm³/mol. The number of carbonyl (C=O) groups excluding carboxylic acids is 1. The molecular formula is C16H10F2N4O5S. The summed E-state index contributed by atoms with van der Waals surface area (Å²) in [5, 5.41) is 21.9. The van der Waals surface area contributed by atoms with Crippen molar-refractivity contribution in [2.24, 2.45) is 4.99 Å². The van der Waals surface area contributed by atoms with Crippen molar-refractivity contribution in [2.75, 3.05) is 0 Å². The Morgan fingerprint density at radius 2 is 1.71 bits per heavy atom. The first-order chi connectivity index (χ1) is 13.2. The van der Waals surface area contributed by atoms with Gasteiger partial charge in [0.2, 0.25) is 0 Å². The van der Waals surface area contributed by atoms with E-state index in [-0.39, 0.29) is 27.1 Å². The molecule has 0 unspecified atom stereocenters. The Labute approximate surface area is 158 Å². The van der Waals surface area contributed by atoms with Gasteiger partial charge in [-0.3, -0.25) is 25.0 Å². The highest BCUT2D eigenvalue weighted by Gasteiger charge is 2.20. The van der Waals surface area contributed by atoms with Crippen molar-refractivity contribution in [3.05, 3.63) is 72.6 Å². The van der Waals surface area contributed by atoms with Crippen LogP contribution in [-0.4, -0.2) is 20.3 Å². The van der Waals surface area contributed by atoms with Gasteiger partial charge < -0.3 is 4.57 Å². The van der Waals surface area contributed by atoms with Crippen LogP contribution < -0.4 is 4.80 Å². The van der Waals surface area contributed by atoms with E-state index in [1.165, 1.54) is 4.57 Å². The molecule has 0 N–H and O–H groups in total. The van der Waals surface area contributed by atoms with E-state index in [2.05, 4.69) is 4.99 Å². The van der Waals surface area contributed by atoms with Crippen LogP contribution in [0, 0.1) is 31.9 Å². The third-order valence-electron chi connectivity index (χ3n) is 3.78. The zero-order valence-corrected chi connectivity index (χ0v) is 14.9. The average molecular weight is 408 g/mol. The van der Waals surface area contributed by atoms with Gasteiger partial charge in [0.15, 0.2) is 10.6 Å². The number of hydrogen-bond donors (Lipinski definition) is 0. The van der Waals surface area contributed by atoms with E-state index in [4.69, 9.17) is 0 Å². The van der Waals surface area contributed by atoms with E-state index in [1.54, 1.807) is 6.92 Å². The number of nitro benzene ring substituents is 2. The molecule has 0 bridgehead atoms. The summed E-state index contributed by atoms with van der Waals surface area (Å²) in [6, 6.07) is 4.25. The molecule has 3 aromatic rings. The van der Waals surface area contributed by atoms with Crippen LogP contribution in [0.3, 0.4) is 0 Å². The second kappa shape index (κ2) is 7.23. The average Bonchev–Trinajstić information content (AvgIpc) is 2.98. The summed E-state index contributed by atoms with van der Waals surface area (Å²) in [4.78, 5) is 36.5. The van der Waals surface area contributed by atoms with Gasteiger partial charge in [0.05, 0.1) is 31.7 Å². The van der Waals surface area contributed by atoms with Crippen LogP contribution in [0.25, 0.3) is 10.2 Å². The number of aromatic nitrogens is 1. The minimum atomic E-state index is -0.985. The third-order valence-corrected chi connectivity index (χ3v) is 4.81. The van der Waals surface area contributed by atoms with Crippen molar-refractivity contribution in [1.29, 1.82) is 0 Å². The maximum absolute atomic E-state index is 14.1. The molecule has 0 aliphatic heterocycles. The molecule has 0 radical (unpaired) electrons. The number of carbonyl (C=O) groups is 1. The summed E-state index contributed by atoms with van der Waals surface area (Å²) in [5.41, 5.74) is -1.58. The molecule has 0 atom stereocenters. The van der Waals surface area contributed by atoms with Gasteiger partial charge in [0.25, 0.3) is 17.3 Å². The Kier molecular flexibility index (Phi) is 4.96. The topological polar surface area (TPSA) is 121 Å². The van der Waals surface area contributed by atoms with Gasteiger partial charge in [0.1, 0.15) is 5.82 Å². The van der Waals surface area contributed by atoms with Gasteiger partial charge in [0, 0.05) is 24.7 Å². The fourth-order valence-corrected chi connectivity index (χ4v) is 3.72. The molecule has 1 aromatic heterocycles. The highest BCUT2D eigenvalue weighted by Crippen LogP contribution is 2.24. The van der Waals surface area contributed by atoms with Crippen molar-refractivity contribution in [3.8, 4) is 0 Å². The molecule has 1 heterocycles. The molecule has 144 valence electrons. The normalized spacial score (nSPS) is 11.8. The second-order valence-electron chi connectivity index (χ2n) is 5.53. The maximum Gasteiger partial charge on any atom is 0.280 e. The van der Waals surface area contributed by atoms with E-state index in [0.717, 1.165) is 35.6 Å². The molecule has 0 spiro atoms. The van der Waals surface area contributed by atoms with Crippen molar-refractivity contribution in [1.82, 2.24) is 4.57 Å². The highest BCUT2D eigenvalue weighted by atomic mass is 32.1. The lowest BCUT2D eigenvalue weighted by Crippen LogP contribution is -2.16. The SMILES string of the molecule is CCn1c(=NC(=O)c2cc([N+](=O)[O-])cc([N+](=O)[O-])c2)sc2cc(F)cc(F)c21. The first-order valence-corrected chi connectivity index (χ1v) is 8.54. The second-order valence-corrected chi connectivity index (χ2v) is 6.54. The number of aryl methyl sites for hydroxylation is 1. The van der Waals surface area contributed by atoms with Crippen LogP contribution in [0.4, 0.5) is 20.2 Å². The van der Waals surface area contributed by atoms with Crippen LogP contribution in [0.15, 0.2) is 35.3 Å². The molecule has 0 saturated heterocycles. The molecule has 28 heavy (non-hydrogen) atoms. The number of rotatable bonds is 4. The molecular weight excluding hydrogens is 398 g/mol. The zero-order chi connectivity index (χ0) is 20.6. The number of thiazole rings is 1. The van der Waals surface area contributed by atoms with Crippen molar-refractivity contribution in [2.45, 2.75) is 13.5 Å². The molecule has 0 aliphatic carbocycles. The number of amides is 1.